The van der Waals surface area contributed by atoms with Crippen molar-refractivity contribution in [2.75, 3.05) is 0 Å². The molecule has 0 fully saturated rings. The van der Waals surface area contributed by atoms with Crippen LogP contribution in [0, 0.1) is 0 Å². The molecule has 4 aromatic rings. The number of fused-ring (bicyclic) bond motifs is 5. The fourth-order valence-corrected chi connectivity index (χ4v) is 4.22. The molecule has 0 saturated carbocycles. The molecule has 1 aromatic heterocycles. The van der Waals surface area contributed by atoms with E-state index in [1.807, 2.05) is 0 Å². The summed E-state index contributed by atoms with van der Waals surface area (Å²) in [4.78, 5) is 0. The van der Waals surface area contributed by atoms with Crippen LogP contribution in [0.1, 0.15) is 35.8 Å². The van der Waals surface area contributed by atoms with E-state index in [1.54, 1.807) is 0 Å². The van der Waals surface area contributed by atoms with Gasteiger partial charge in [-0.05, 0) is 57.9 Å². The maximum Gasteiger partial charge on any atom is 0.216 e. The molecule has 1 heterocycles. The highest BCUT2D eigenvalue weighted by molar-refractivity contribution is 6.08. The van der Waals surface area contributed by atoms with Gasteiger partial charge in [-0.2, -0.15) is 0 Å². The zero-order chi connectivity index (χ0) is 15.9. The lowest BCUT2D eigenvalue weighted by atomic mass is 9.78. The van der Waals surface area contributed by atoms with Crippen molar-refractivity contribution in [3.63, 3.8) is 0 Å². The molecule has 3 nitrogen and oxygen atoms in total. The SMILES string of the molecule is c1ccc2c(c1)ccc1c3c(ccc12)C(Cc1nnco1)CCC3. The lowest BCUT2D eigenvalue weighted by Gasteiger charge is -2.26. The molecule has 0 spiro atoms. The van der Waals surface area contributed by atoms with E-state index in [1.165, 1.54) is 51.9 Å². The topological polar surface area (TPSA) is 38.9 Å². The fourth-order valence-electron chi connectivity index (χ4n) is 4.22. The van der Waals surface area contributed by atoms with Crippen LogP contribution in [0.25, 0.3) is 21.5 Å². The van der Waals surface area contributed by atoms with Gasteiger partial charge in [0, 0.05) is 6.42 Å². The monoisotopic (exact) mass is 314 g/mol. The number of aromatic nitrogens is 2. The largest absolute Gasteiger partial charge is 0.428 e. The van der Waals surface area contributed by atoms with E-state index in [9.17, 15) is 0 Å². The third-order valence-electron chi connectivity index (χ3n) is 5.32. The number of benzene rings is 3. The molecule has 0 N–H and O–H groups in total. The maximum atomic E-state index is 5.37. The van der Waals surface area contributed by atoms with Crippen LogP contribution in [0.3, 0.4) is 0 Å². The third-order valence-corrected chi connectivity index (χ3v) is 5.32. The quantitative estimate of drug-likeness (QED) is 0.487. The average Bonchev–Trinajstić information content (AvgIpc) is 3.14. The van der Waals surface area contributed by atoms with Crippen LogP contribution in [0.15, 0.2) is 59.3 Å². The van der Waals surface area contributed by atoms with E-state index in [2.05, 4.69) is 58.7 Å². The Hall–Kier alpha value is -2.68. The van der Waals surface area contributed by atoms with Crippen molar-refractivity contribution < 1.29 is 4.42 Å². The Morgan fingerprint density at radius 3 is 2.79 bits per heavy atom. The van der Waals surface area contributed by atoms with Crippen molar-refractivity contribution in [2.24, 2.45) is 0 Å². The van der Waals surface area contributed by atoms with Gasteiger partial charge in [-0.25, -0.2) is 0 Å². The first kappa shape index (κ1) is 13.7. The zero-order valence-corrected chi connectivity index (χ0v) is 13.4. The lowest BCUT2D eigenvalue weighted by molar-refractivity contribution is 0.448. The molecular formula is C21H18N2O. The highest BCUT2D eigenvalue weighted by Crippen LogP contribution is 2.39. The summed E-state index contributed by atoms with van der Waals surface area (Å²) in [6.45, 7) is 0. The Balaban J connectivity index is 1.68. The molecule has 0 bridgehead atoms. The van der Waals surface area contributed by atoms with E-state index in [4.69, 9.17) is 4.42 Å². The number of nitrogens with zero attached hydrogens (tertiary/aromatic N) is 2. The molecule has 1 unspecified atom stereocenters. The van der Waals surface area contributed by atoms with E-state index >= 15 is 0 Å². The van der Waals surface area contributed by atoms with Gasteiger partial charge >= 0.3 is 0 Å². The van der Waals surface area contributed by atoms with Gasteiger partial charge < -0.3 is 4.42 Å². The highest BCUT2D eigenvalue weighted by atomic mass is 16.4. The Morgan fingerprint density at radius 1 is 0.958 bits per heavy atom. The van der Waals surface area contributed by atoms with Gasteiger partial charge in [0.25, 0.3) is 0 Å². The average molecular weight is 314 g/mol. The van der Waals surface area contributed by atoms with Crippen LogP contribution in [0.4, 0.5) is 0 Å². The molecule has 1 atom stereocenters. The molecule has 0 aliphatic heterocycles. The van der Waals surface area contributed by atoms with Crippen LogP contribution >= 0.6 is 0 Å². The fraction of sp³-hybridized carbons (Fsp3) is 0.238. The number of hydrogen-bond donors (Lipinski definition) is 0. The Morgan fingerprint density at radius 2 is 1.88 bits per heavy atom. The van der Waals surface area contributed by atoms with Crippen LogP contribution in [0.5, 0.6) is 0 Å². The molecule has 1 aliphatic carbocycles. The van der Waals surface area contributed by atoms with Gasteiger partial charge in [0.1, 0.15) is 0 Å². The smallest absolute Gasteiger partial charge is 0.216 e. The van der Waals surface area contributed by atoms with Crippen molar-refractivity contribution in [1.82, 2.24) is 10.2 Å². The second-order valence-electron chi connectivity index (χ2n) is 6.64. The van der Waals surface area contributed by atoms with Gasteiger partial charge in [-0.15, -0.1) is 10.2 Å². The van der Waals surface area contributed by atoms with Crippen LogP contribution in [0.2, 0.25) is 0 Å². The summed E-state index contributed by atoms with van der Waals surface area (Å²) >= 11 is 0. The predicted octanol–water partition coefficient (Wildman–Crippen LogP) is 5.04. The first-order chi connectivity index (χ1) is 11.9. The van der Waals surface area contributed by atoms with Crippen LogP contribution in [-0.4, -0.2) is 10.2 Å². The second kappa shape index (κ2) is 5.45. The predicted molar refractivity (Wildman–Crippen MR) is 95.1 cm³/mol. The first-order valence-electron chi connectivity index (χ1n) is 8.58. The summed E-state index contributed by atoms with van der Waals surface area (Å²) in [6, 6.07) is 17.8. The van der Waals surface area contributed by atoms with Gasteiger partial charge in [0.05, 0.1) is 0 Å². The minimum Gasteiger partial charge on any atom is -0.428 e. The molecule has 0 saturated heterocycles. The standard InChI is InChI=1S/C21H18N2O/c1-2-6-16-14(4-1)8-9-20-18-7-3-5-15(12-21-23-22-13-24-21)17(18)10-11-19(16)20/h1-2,4,6,8-11,13,15H,3,5,7,12H2. The van der Waals surface area contributed by atoms with Gasteiger partial charge in [-0.3, -0.25) is 0 Å². The Bertz CT molecular complexity index is 1020. The summed E-state index contributed by atoms with van der Waals surface area (Å²) in [5, 5.41) is 13.3. The van der Waals surface area contributed by atoms with E-state index in [0.29, 0.717) is 5.92 Å². The van der Waals surface area contributed by atoms with E-state index in [-0.39, 0.29) is 0 Å². The summed E-state index contributed by atoms with van der Waals surface area (Å²) in [6.07, 6.45) is 5.83. The molecule has 118 valence electrons. The molecule has 3 aromatic carbocycles. The van der Waals surface area contributed by atoms with Crippen molar-refractivity contribution >= 4 is 21.5 Å². The van der Waals surface area contributed by atoms with Gasteiger partial charge in [0.15, 0.2) is 0 Å². The summed E-state index contributed by atoms with van der Waals surface area (Å²) in [7, 11) is 0. The third kappa shape index (κ3) is 2.12. The molecule has 0 radical (unpaired) electrons. The molecule has 1 aliphatic rings. The summed E-state index contributed by atoms with van der Waals surface area (Å²) < 4.78 is 5.37. The van der Waals surface area contributed by atoms with Crippen molar-refractivity contribution in [3.05, 3.63) is 71.9 Å². The van der Waals surface area contributed by atoms with Crippen LogP contribution < -0.4 is 0 Å². The van der Waals surface area contributed by atoms with E-state index < -0.39 is 0 Å². The number of hydrogen-bond acceptors (Lipinski definition) is 3. The number of aryl methyl sites for hydroxylation is 1. The molecule has 3 heteroatoms. The minimum atomic E-state index is 0.477. The molecule has 0 amide bonds. The van der Waals surface area contributed by atoms with Gasteiger partial charge in [-0.1, -0.05) is 48.5 Å². The van der Waals surface area contributed by atoms with E-state index in [0.717, 1.165) is 18.7 Å². The molecule has 5 rings (SSSR count). The normalized spacial score (nSPS) is 17.2. The Kier molecular flexibility index (Phi) is 3.12. The zero-order valence-electron chi connectivity index (χ0n) is 13.4. The summed E-state index contributed by atoms with van der Waals surface area (Å²) in [5.41, 5.74) is 2.97. The van der Waals surface area contributed by atoms with Crippen LogP contribution in [-0.2, 0) is 12.8 Å². The van der Waals surface area contributed by atoms with Gasteiger partial charge in [0.2, 0.25) is 12.3 Å². The second-order valence-corrected chi connectivity index (χ2v) is 6.64. The van der Waals surface area contributed by atoms with Crippen molar-refractivity contribution in [1.29, 1.82) is 0 Å². The summed E-state index contributed by atoms with van der Waals surface area (Å²) in [5.74, 6) is 1.22. The van der Waals surface area contributed by atoms with Crippen molar-refractivity contribution in [2.45, 2.75) is 31.6 Å². The highest BCUT2D eigenvalue weighted by Gasteiger charge is 2.24. The number of rotatable bonds is 2. The van der Waals surface area contributed by atoms with Crippen molar-refractivity contribution in [3.8, 4) is 0 Å². The molecular weight excluding hydrogens is 296 g/mol. The minimum absolute atomic E-state index is 0.477. The lowest BCUT2D eigenvalue weighted by Crippen LogP contribution is -2.13. The Labute approximate surface area is 140 Å². The first-order valence-corrected chi connectivity index (χ1v) is 8.58. The molecule has 24 heavy (non-hydrogen) atoms. The maximum absolute atomic E-state index is 5.37.